The Balaban J connectivity index is 1.70. The van der Waals surface area contributed by atoms with E-state index in [2.05, 4.69) is 15.6 Å². The SMILES string of the molecule is CCOc1ccc2c(n1)C(=O)C(C(=O)NCc1ccccc1)CN2. The minimum atomic E-state index is -0.786. The summed E-state index contributed by atoms with van der Waals surface area (Å²) in [7, 11) is 0. The van der Waals surface area contributed by atoms with Crippen LogP contribution < -0.4 is 15.4 Å². The average Bonchev–Trinajstić information content (AvgIpc) is 2.61. The van der Waals surface area contributed by atoms with E-state index in [-0.39, 0.29) is 23.9 Å². The molecule has 1 aliphatic rings. The molecule has 0 spiro atoms. The van der Waals surface area contributed by atoms with E-state index < -0.39 is 5.92 Å². The molecule has 2 N–H and O–H groups in total. The highest BCUT2D eigenvalue weighted by molar-refractivity contribution is 6.13. The standard InChI is InChI=1S/C18H19N3O3/c1-2-24-15-9-8-14-16(21-15)17(22)13(11-19-14)18(23)20-10-12-6-4-3-5-7-12/h3-9,13,19H,2,10-11H2,1H3,(H,20,23). The van der Waals surface area contributed by atoms with E-state index in [0.717, 1.165) is 5.56 Å². The zero-order valence-corrected chi connectivity index (χ0v) is 13.4. The van der Waals surface area contributed by atoms with Crippen molar-refractivity contribution in [3.05, 3.63) is 53.7 Å². The minimum absolute atomic E-state index is 0.257. The van der Waals surface area contributed by atoms with E-state index in [1.807, 2.05) is 37.3 Å². The molecule has 1 aliphatic heterocycles. The zero-order chi connectivity index (χ0) is 16.9. The molecule has 0 radical (unpaired) electrons. The Morgan fingerprint density at radius 3 is 2.83 bits per heavy atom. The van der Waals surface area contributed by atoms with Crippen molar-refractivity contribution in [3.63, 3.8) is 0 Å². The second-order valence-corrected chi connectivity index (χ2v) is 5.48. The number of nitrogens with one attached hydrogen (secondary N) is 2. The predicted octanol–water partition coefficient (Wildman–Crippen LogP) is 2.02. The number of Topliss-reactive ketones (excluding diaryl/α,β-unsaturated/α-hetero) is 1. The Morgan fingerprint density at radius 1 is 1.29 bits per heavy atom. The Labute approximate surface area is 140 Å². The van der Waals surface area contributed by atoms with Gasteiger partial charge in [0.15, 0.2) is 5.78 Å². The van der Waals surface area contributed by atoms with Crippen molar-refractivity contribution >= 4 is 17.4 Å². The van der Waals surface area contributed by atoms with Gasteiger partial charge >= 0.3 is 0 Å². The number of anilines is 1. The topological polar surface area (TPSA) is 80.3 Å². The molecule has 0 fully saturated rings. The fourth-order valence-corrected chi connectivity index (χ4v) is 2.59. The molecular weight excluding hydrogens is 306 g/mol. The summed E-state index contributed by atoms with van der Waals surface area (Å²) in [5.41, 5.74) is 1.88. The number of amides is 1. The molecule has 6 heteroatoms. The quantitative estimate of drug-likeness (QED) is 0.822. The second-order valence-electron chi connectivity index (χ2n) is 5.48. The molecule has 1 unspecified atom stereocenters. The summed E-state index contributed by atoms with van der Waals surface area (Å²) in [6.45, 7) is 2.97. The summed E-state index contributed by atoms with van der Waals surface area (Å²) in [4.78, 5) is 29.2. The highest BCUT2D eigenvalue weighted by atomic mass is 16.5. The van der Waals surface area contributed by atoms with Crippen LogP contribution in [0.5, 0.6) is 5.88 Å². The van der Waals surface area contributed by atoms with Crippen molar-refractivity contribution in [2.24, 2.45) is 5.92 Å². The normalized spacial score (nSPS) is 16.0. The van der Waals surface area contributed by atoms with Crippen LogP contribution in [0.1, 0.15) is 23.0 Å². The van der Waals surface area contributed by atoms with Crippen LogP contribution in [-0.2, 0) is 11.3 Å². The van der Waals surface area contributed by atoms with E-state index in [9.17, 15) is 9.59 Å². The van der Waals surface area contributed by atoms with Gasteiger partial charge in [0.1, 0.15) is 11.6 Å². The number of ether oxygens (including phenoxy) is 1. The first-order valence-electron chi connectivity index (χ1n) is 7.92. The van der Waals surface area contributed by atoms with Gasteiger partial charge in [-0.15, -0.1) is 0 Å². The fourth-order valence-electron chi connectivity index (χ4n) is 2.59. The molecule has 0 bridgehead atoms. The van der Waals surface area contributed by atoms with Crippen molar-refractivity contribution in [2.45, 2.75) is 13.5 Å². The second kappa shape index (κ2) is 7.12. The highest BCUT2D eigenvalue weighted by Crippen LogP contribution is 2.25. The van der Waals surface area contributed by atoms with E-state index in [0.29, 0.717) is 24.7 Å². The number of carbonyl (C=O) groups is 2. The van der Waals surface area contributed by atoms with Crippen molar-refractivity contribution in [2.75, 3.05) is 18.5 Å². The van der Waals surface area contributed by atoms with Crippen LogP contribution in [0.3, 0.4) is 0 Å². The van der Waals surface area contributed by atoms with Gasteiger partial charge in [-0.3, -0.25) is 9.59 Å². The monoisotopic (exact) mass is 325 g/mol. The van der Waals surface area contributed by atoms with Crippen molar-refractivity contribution in [1.82, 2.24) is 10.3 Å². The lowest BCUT2D eigenvalue weighted by molar-refractivity contribution is -0.123. The highest BCUT2D eigenvalue weighted by Gasteiger charge is 2.34. The van der Waals surface area contributed by atoms with E-state index in [4.69, 9.17) is 4.74 Å². The number of rotatable bonds is 5. The maximum absolute atomic E-state index is 12.6. The molecule has 1 atom stereocenters. The number of aromatic nitrogens is 1. The molecule has 124 valence electrons. The molecule has 3 rings (SSSR count). The molecule has 0 saturated heterocycles. The molecule has 0 saturated carbocycles. The molecule has 6 nitrogen and oxygen atoms in total. The van der Waals surface area contributed by atoms with Crippen LogP contribution in [-0.4, -0.2) is 29.8 Å². The predicted molar refractivity (Wildman–Crippen MR) is 90.0 cm³/mol. The first kappa shape index (κ1) is 16.0. The van der Waals surface area contributed by atoms with Crippen LogP contribution in [0.15, 0.2) is 42.5 Å². The third-order valence-electron chi connectivity index (χ3n) is 3.83. The van der Waals surface area contributed by atoms with Gasteiger partial charge in [0, 0.05) is 19.2 Å². The van der Waals surface area contributed by atoms with Crippen molar-refractivity contribution < 1.29 is 14.3 Å². The lowest BCUT2D eigenvalue weighted by Gasteiger charge is -2.23. The Morgan fingerprint density at radius 2 is 2.08 bits per heavy atom. The number of fused-ring (bicyclic) bond motifs is 1. The third-order valence-corrected chi connectivity index (χ3v) is 3.83. The van der Waals surface area contributed by atoms with E-state index in [1.165, 1.54) is 0 Å². The van der Waals surface area contributed by atoms with Gasteiger partial charge in [0.25, 0.3) is 0 Å². The molecule has 24 heavy (non-hydrogen) atoms. The number of ketones is 1. The van der Waals surface area contributed by atoms with Crippen LogP contribution in [0.2, 0.25) is 0 Å². The molecule has 1 amide bonds. The number of pyridine rings is 1. The third kappa shape index (κ3) is 3.37. The van der Waals surface area contributed by atoms with Crippen LogP contribution >= 0.6 is 0 Å². The van der Waals surface area contributed by atoms with Gasteiger partial charge in [-0.2, -0.15) is 0 Å². The summed E-state index contributed by atoms with van der Waals surface area (Å²) in [6.07, 6.45) is 0. The van der Waals surface area contributed by atoms with Crippen LogP contribution in [0.4, 0.5) is 5.69 Å². The van der Waals surface area contributed by atoms with Crippen LogP contribution in [0, 0.1) is 5.92 Å². The maximum atomic E-state index is 12.6. The van der Waals surface area contributed by atoms with Gasteiger partial charge in [0.05, 0.1) is 12.3 Å². The summed E-state index contributed by atoms with van der Waals surface area (Å²) in [5.74, 6) is -0.983. The van der Waals surface area contributed by atoms with E-state index >= 15 is 0 Å². The molecule has 2 heterocycles. The number of hydrogen-bond donors (Lipinski definition) is 2. The minimum Gasteiger partial charge on any atom is -0.478 e. The average molecular weight is 325 g/mol. The molecule has 1 aromatic carbocycles. The van der Waals surface area contributed by atoms with Gasteiger partial charge in [-0.05, 0) is 18.6 Å². The number of carbonyl (C=O) groups excluding carboxylic acids is 2. The maximum Gasteiger partial charge on any atom is 0.233 e. The largest absolute Gasteiger partial charge is 0.478 e. The van der Waals surface area contributed by atoms with Gasteiger partial charge in [-0.25, -0.2) is 4.98 Å². The lowest BCUT2D eigenvalue weighted by Crippen LogP contribution is -2.42. The van der Waals surface area contributed by atoms with Gasteiger partial charge in [0.2, 0.25) is 11.8 Å². The Kier molecular flexibility index (Phi) is 4.74. The van der Waals surface area contributed by atoms with Crippen LogP contribution in [0.25, 0.3) is 0 Å². The molecule has 1 aromatic heterocycles. The molecular formula is C18H19N3O3. The number of benzene rings is 1. The molecule has 0 aliphatic carbocycles. The Hall–Kier alpha value is -2.89. The summed E-state index contributed by atoms with van der Waals surface area (Å²) in [5, 5.41) is 5.90. The van der Waals surface area contributed by atoms with Crippen molar-refractivity contribution in [1.29, 1.82) is 0 Å². The summed E-state index contributed by atoms with van der Waals surface area (Å²) < 4.78 is 5.33. The van der Waals surface area contributed by atoms with Crippen molar-refractivity contribution in [3.8, 4) is 5.88 Å². The smallest absolute Gasteiger partial charge is 0.233 e. The van der Waals surface area contributed by atoms with Gasteiger partial charge < -0.3 is 15.4 Å². The fraction of sp³-hybridized carbons (Fsp3) is 0.278. The summed E-state index contributed by atoms with van der Waals surface area (Å²) >= 11 is 0. The number of hydrogen-bond acceptors (Lipinski definition) is 5. The number of nitrogens with zero attached hydrogens (tertiary/aromatic N) is 1. The first-order valence-corrected chi connectivity index (χ1v) is 7.92. The summed E-state index contributed by atoms with van der Waals surface area (Å²) in [6, 6.07) is 13.0. The molecule has 2 aromatic rings. The van der Waals surface area contributed by atoms with E-state index in [1.54, 1.807) is 12.1 Å². The lowest BCUT2D eigenvalue weighted by atomic mass is 9.95. The zero-order valence-electron chi connectivity index (χ0n) is 13.4. The first-order chi connectivity index (χ1) is 11.7. The Bertz CT molecular complexity index is 746. The van der Waals surface area contributed by atoms with Gasteiger partial charge in [-0.1, -0.05) is 30.3 Å².